The van der Waals surface area contributed by atoms with E-state index >= 15 is 0 Å². The van der Waals surface area contributed by atoms with Crippen molar-refractivity contribution in [3.05, 3.63) is 0 Å². The van der Waals surface area contributed by atoms with Crippen molar-refractivity contribution in [1.82, 2.24) is 5.32 Å². The van der Waals surface area contributed by atoms with Crippen molar-refractivity contribution in [2.45, 2.75) is 64.2 Å². The van der Waals surface area contributed by atoms with Crippen LogP contribution in [0.3, 0.4) is 0 Å². The molecule has 0 aromatic carbocycles. The maximum atomic E-state index is 12.5. The van der Waals surface area contributed by atoms with Crippen molar-refractivity contribution >= 4 is 5.91 Å². The SMILES string of the molecule is NCC1(C(=O)NCC2CCCC2)CCCCCC1. The number of nitrogens with one attached hydrogen (secondary N) is 1. The molecule has 2 rings (SSSR count). The molecule has 0 atom stereocenters. The Labute approximate surface area is 111 Å². The van der Waals surface area contributed by atoms with Gasteiger partial charge in [0.25, 0.3) is 0 Å². The van der Waals surface area contributed by atoms with E-state index in [0.29, 0.717) is 6.54 Å². The number of nitrogens with two attached hydrogens (primary N) is 1. The highest BCUT2D eigenvalue weighted by Crippen LogP contribution is 2.34. The third kappa shape index (κ3) is 3.25. The van der Waals surface area contributed by atoms with Crippen molar-refractivity contribution < 1.29 is 4.79 Å². The van der Waals surface area contributed by atoms with E-state index in [1.807, 2.05) is 0 Å². The second kappa shape index (κ2) is 6.55. The van der Waals surface area contributed by atoms with Gasteiger partial charge in [0.15, 0.2) is 0 Å². The van der Waals surface area contributed by atoms with Crippen LogP contribution in [0.4, 0.5) is 0 Å². The molecule has 3 nitrogen and oxygen atoms in total. The summed E-state index contributed by atoms with van der Waals surface area (Å²) in [5, 5.41) is 3.19. The first-order valence-electron chi connectivity index (χ1n) is 7.75. The lowest BCUT2D eigenvalue weighted by Crippen LogP contribution is -2.46. The van der Waals surface area contributed by atoms with Crippen LogP contribution in [0.15, 0.2) is 0 Å². The molecule has 2 fully saturated rings. The first-order chi connectivity index (χ1) is 8.77. The second-order valence-electron chi connectivity index (χ2n) is 6.26. The Morgan fingerprint density at radius 1 is 1.06 bits per heavy atom. The lowest BCUT2D eigenvalue weighted by atomic mass is 9.79. The zero-order valence-corrected chi connectivity index (χ0v) is 11.5. The van der Waals surface area contributed by atoms with Gasteiger partial charge in [0.1, 0.15) is 0 Å². The molecule has 104 valence electrons. The summed E-state index contributed by atoms with van der Waals surface area (Å²) in [5.74, 6) is 0.952. The van der Waals surface area contributed by atoms with Gasteiger partial charge in [0.2, 0.25) is 5.91 Å². The average molecular weight is 252 g/mol. The van der Waals surface area contributed by atoms with Crippen LogP contribution < -0.4 is 11.1 Å². The van der Waals surface area contributed by atoms with Gasteiger partial charge in [0, 0.05) is 13.1 Å². The zero-order valence-electron chi connectivity index (χ0n) is 11.5. The summed E-state index contributed by atoms with van der Waals surface area (Å²) >= 11 is 0. The van der Waals surface area contributed by atoms with E-state index in [2.05, 4.69) is 5.32 Å². The lowest BCUT2D eigenvalue weighted by Gasteiger charge is -2.30. The summed E-state index contributed by atoms with van der Waals surface area (Å²) in [6.07, 6.45) is 12.1. The molecule has 0 spiro atoms. The Morgan fingerprint density at radius 2 is 1.67 bits per heavy atom. The number of carbonyl (C=O) groups excluding carboxylic acids is 1. The van der Waals surface area contributed by atoms with E-state index in [4.69, 9.17) is 5.73 Å². The molecule has 2 saturated carbocycles. The summed E-state index contributed by atoms with van der Waals surface area (Å²) in [6.45, 7) is 1.39. The molecule has 0 heterocycles. The summed E-state index contributed by atoms with van der Waals surface area (Å²) in [5.41, 5.74) is 5.68. The summed E-state index contributed by atoms with van der Waals surface area (Å²) in [6, 6.07) is 0. The van der Waals surface area contributed by atoms with E-state index in [1.165, 1.54) is 38.5 Å². The molecule has 18 heavy (non-hydrogen) atoms. The van der Waals surface area contributed by atoms with Gasteiger partial charge in [0.05, 0.1) is 5.41 Å². The van der Waals surface area contributed by atoms with Crippen LogP contribution in [0, 0.1) is 11.3 Å². The van der Waals surface area contributed by atoms with Crippen LogP contribution in [-0.2, 0) is 4.79 Å². The Hall–Kier alpha value is -0.570. The first kappa shape index (κ1) is 13.9. The van der Waals surface area contributed by atoms with Crippen molar-refractivity contribution in [3.63, 3.8) is 0 Å². The molecule has 0 aromatic heterocycles. The van der Waals surface area contributed by atoms with E-state index in [-0.39, 0.29) is 11.3 Å². The molecule has 1 amide bonds. The minimum absolute atomic E-state index is 0.235. The Kier molecular flexibility index (Phi) is 5.04. The van der Waals surface area contributed by atoms with Gasteiger partial charge in [-0.15, -0.1) is 0 Å². The van der Waals surface area contributed by atoms with E-state index in [9.17, 15) is 4.79 Å². The van der Waals surface area contributed by atoms with Crippen LogP contribution in [0.5, 0.6) is 0 Å². The fourth-order valence-electron chi connectivity index (χ4n) is 3.57. The molecule has 0 radical (unpaired) electrons. The third-order valence-electron chi connectivity index (χ3n) is 4.96. The Balaban J connectivity index is 1.86. The first-order valence-corrected chi connectivity index (χ1v) is 7.75. The molecule has 2 aliphatic carbocycles. The standard InChI is InChI=1S/C15H28N2O/c16-12-15(9-5-1-2-6-10-15)14(18)17-11-13-7-3-4-8-13/h13H,1-12,16H2,(H,17,18). The van der Waals surface area contributed by atoms with Crippen molar-refractivity contribution in [2.24, 2.45) is 17.1 Å². The van der Waals surface area contributed by atoms with Crippen LogP contribution in [0.25, 0.3) is 0 Å². The topological polar surface area (TPSA) is 55.1 Å². The Morgan fingerprint density at radius 3 is 2.22 bits per heavy atom. The number of hydrogen-bond acceptors (Lipinski definition) is 2. The quantitative estimate of drug-likeness (QED) is 0.756. The highest BCUT2D eigenvalue weighted by molar-refractivity contribution is 5.82. The fourth-order valence-corrected chi connectivity index (χ4v) is 3.57. The molecule has 0 saturated heterocycles. The normalized spacial score (nSPS) is 24.7. The molecular weight excluding hydrogens is 224 g/mol. The average Bonchev–Trinajstić information content (AvgIpc) is 2.79. The van der Waals surface area contributed by atoms with Crippen LogP contribution in [0.1, 0.15) is 64.2 Å². The third-order valence-corrected chi connectivity index (χ3v) is 4.96. The van der Waals surface area contributed by atoms with Crippen molar-refractivity contribution in [2.75, 3.05) is 13.1 Å². The molecule has 0 aromatic rings. The summed E-state index contributed by atoms with van der Waals surface area (Å²) in [4.78, 5) is 12.5. The molecule has 0 aliphatic heterocycles. The molecule has 3 heteroatoms. The van der Waals surface area contributed by atoms with Gasteiger partial charge in [-0.25, -0.2) is 0 Å². The van der Waals surface area contributed by atoms with Gasteiger partial charge in [-0.05, 0) is 31.6 Å². The monoisotopic (exact) mass is 252 g/mol. The minimum atomic E-state index is -0.255. The van der Waals surface area contributed by atoms with Gasteiger partial charge in [-0.2, -0.15) is 0 Å². The van der Waals surface area contributed by atoms with Crippen LogP contribution in [-0.4, -0.2) is 19.0 Å². The number of rotatable bonds is 4. The highest BCUT2D eigenvalue weighted by Gasteiger charge is 2.37. The largest absolute Gasteiger partial charge is 0.355 e. The fraction of sp³-hybridized carbons (Fsp3) is 0.933. The molecule has 0 unspecified atom stereocenters. The van der Waals surface area contributed by atoms with Gasteiger partial charge in [-0.1, -0.05) is 38.5 Å². The molecule has 3 N–H and O–H groups in total. The number of hydrogen-bond donors (Lipinski definition) is 2. The van der Waals surface area contributed by atoms with E-state index < -0.39 is 0 Å². The summed E-state index contributed by atoms with van der Waals surface area (Å²) < 4.78 is 0. The molecule has 0 bridgehead atoms. The number of carbonyl (C=O) groups is 1. The zero-order chi connectivity index (χ0) is 12.8. The van der Waals surface area contributed by atoms with Gasteiger partial charge in [-0.3, -0.25) is 4.79 Å². The Bertz CT molecular complexity index is 264. The predicted octanol–water partition coefficient (Wildman–Crippen LogP) is 2.59. The van der Waals surface area contributed by atoms with E-state index in [1.54, 1.807) is 0 Å². The van der Waals surface area contributed by atoms with Crippen molar-refractivity contribution in [1.29, 1.82) is 0 Å². The summed E-state index contributed by atoms with van der Waals surface area (Å²) in [7, 11) is 0. The maximum absolute atomic E-state index is 12.5. The van der Waals surface area contributed by atoms with Crippen LogP contribution in [0.2, 0.25) is 0 Å². The van der Waals surface area contributed by atoms with Crippen LogP contribution >= 0.6 is 0 Å². The minimum Gasteiger partial charge on any atom is -0.355 e. The predicted molar refractivity (Wildman–Crippen MR) is 74.2 cm³/mol. The van der Waals surface area contributed by atoms with Gasteiger partial charge >= 0.3 is 0 Å². The van der Waals surface area contributed by atoms with Crippen molar-refractivity contribution in [3.8, 4) is 0 Å². The number of amides is 1. The highest BCUT2D eigenvalue weighted by atomic mass is 16.2. The smallest absolute Gasteiger partial charge is 0.227 e. The second-order valence-corrected chi connectivity index (χ2v) is 6.26. The lowest BCUT2D eigenvalue weighted by molar-refractivity contribution is -0.131. The molecular formula is C15H28N2O. The van der Waals surface area contributed by atoms with E-state index in [0.717, 1.165) is 38.1 Å². The molecule has 2 aliphatic rings. The maximum Gasteiger partial charge on any atom is 0.227 e. The van der Waals surface area contributed by atoms with Gasteiger partial charge < -0.3 is 11.1 Å².